The molecular formula is C5H13N2O2S-. The smallest absolute Gasteiger partial charge is 0.120 e. The van der Waals surface area contributed by atoms with Gasteiger partial charge in [0.05, 0.1) is 0 Å². The second-order valence-electron chi connectivity index (χ2n) is 2.03. The largest absolute Gasteiger partial charge is 0.785 e. The quantitative estimate of drug-likeness (QED) is 0.291. The van der Waals surface area contributed by atoms with E-state index in [-0.39, 0.29) is 0 Å². The fourth-order valence-corrected chi connectivity index (χ4v) is 1.04. The highest BCUT2D eigenvalue weighted by atomic mass is 32.1. The number of likely N-dealkylation sites (N-methyl/N-ethyl adjacent to an activating group) is 2. The van der Waals surface area contributed by atoms with E-state index >= 15 is 0 Å². The van der Waals surface area contributed by atoms with E-state index in [0.29, 0.717) is 10.8 Å². The van der Waals surface area contributed by atoms with Gasteiger partial charge in [0.2, 0.25) is 0 Å². The molecule has 2 atom stereocenters. The molecular weight excluding hydrogens is 152 g/mol. The van der Waals surface area contributed by atoms with Gasteiger partial charge in [0, 0.05) is 11.8 Å². The number of aliphatic hydroxyl groups is 1. The molecule has 0 heterocycles. The lowest BCUT2D eigenvalue weighted by Gasteiger charge is -2.35. The lowest BCUT2D eigenvalue weighted by molar-refractivity contribution is 0.0751. The van der Waals surface area contributed by atoms with Crippen molar-refractivity contribution in [2.75, 3.05) is 19.8 Å². The van der Waals surface area contributed by atoms with Crippen LogP contribution in [0.2, 0.25) is 0 Å². The van der Waals surface area contributed by atoms with Gasteiger partial charge in [-0.2, -0.15) is 12.6 Å². The number of rotatable bonds is 4. The van der Waals surface area contributed by atoms with Crippen LogP contribution in [-0.4, -0.2) is 42.3 Å². The van der Waals surface area contributed by atoms with Gasteiger partial charge in [0.25, 0.3) is 0 Å². The predicted molar refractivity (Wildman–Crippen MR) is 43.8 cm³/mol. The molecule has 0 aliphatic rings. The normalized spacial score (nSPS) is 17.4. The molecule has 0 aliphatic heterocycles. The van der Waals surface area contributed by atoms with Gasteiger partial charge in [-0.05, 0) is 14.1 Å². The number of hydrogen-bond donors (Lipinski definition) is 3. The summed E-state index contributed by atoms with van der Waals surface area (Å²) in [6.45, 7) is 0. The van der Waals surface area contributed by atoms with Crippen molar-refractivity contribution in [2.45, 2.75) is 12.3 Å². The Morgan fingerprint density at radius 3 is 2.40 bits per heavy atom. The Morgan fingerprint density at radius 1 is 1.80 bits per heavy atom. The Morgan fingerprint density at radius 2 is 2.30 bits per heavy atom. The van der Waals surface area contributed by atoms with Crippen LogP contribution in [0.15, 0.2) is 0 Å². The van der Waals surface area contributed by atoms with Crippen LogP contribution in [0.3, 0.4) is 0 Å². The monoisotopic (exact) mass is 165 g/mol. The third-order valence-corrected chi connectivity index (χ3v) is 1.69. The fourth-order valence-electron chi connectivity index (χ4n) is 0.606. The van der Waals surface area contributed by atoms with E-state index in [0.717, 1.165) is 0 Å². The molecule has 0 rings (SSSR count). The van der Waals surface area contributed by atoms with Gasteiger partial charge in [-0.25, -0.2) is 0 Å². The highest BCUT2D eigenvalue weighted by Gasteiger charge is 2.14. The third kappa shape index (κ3) is 2.85. The maximum atomic E-state index is 10.6. The Kier molecular flexibility index (Phi) is 5.02. The molecule has 0 saturated carbocycles. The zero-order valence-electron chi connectivity index (χ0n) is 6.11. The van der Waals surface area contributed by atoms with Crippen LogP contribution < -0.4 is 5.32 Å². The number of hydrogen-bond acceptors (Lipinski definition) is 5. The molecule has 62 valence electrons. The van der Waals surface area contributed by atoms with Crippen LogP contribution in [0.1, 0.15) is 0 Å². The van der Waals surface area contributed by atoms with Crippen molar-refractivity contribution in [1.82, 2.24) is 10.4 Å². The molecule has 0 aromatic carbocycles. The van der Waals surface area contributed by atoms with Crippen LogP contribution in [0, 0.1) is 5.21 Å². The van der Waals surface area contributed by atoms with Gasteiger partial charge < -0.3 is 15.4 Å². The number of thiol groups is 1. The molecule has 0 bridgehead atoms. The van der Waals surface area contributed by atoms with Crippen LogP contribution in [-0.2, 0) is 0 Å². The molecule has 5 heteroatoms. The van der Waals surface area contributed by atoms with Crippen molar-refractivity contribution in [2.24, 2.45) is 0 Å². The van der Waals surface area contributed by atoms with Crippen LogP contribution in [0.25, 0.3) is 0 Å². The van der Waals surface area contributed by atoms with E-state index in [1.807, 2.05) is 0 Å². The van der Waals surface area contributed by atoms with E-state index in [9.17, 15) is 5.21 Å². The maximum absolute atomic E-state index is 10.6. The highest BCUT2D eigenvalue weighted by molar-refractivity contribution is 7.80. The molecule has 0 spiro atoms. The predicted octanol–water partition coefficient (Wildman–Crippen LogP) is -0.748. The van der Waals surface area contributed by atoms with Gasteiger partial charge in [-0.3, -0.25) is 5.32 Å². The van der Waals surface area contributed by atoms with Gasteiger partial charge in [0.1, 0.15) is 6.23 Å². The minimum Gasteiger partial charge on any atom is -0.785 e. The second kappa shape index (κ2) is 4.92. The summed E-state index contributed by atoms with van der Waals surface area (Å²) in [6.07, 6.45) is -0.806. The van der Waals surface area contributed by atoms with Crippen molar-refractivity contribution in [3.8, 4) is 0 Å². The first kappa shape index (κ1) is 10.2. The van der Waals surface area contributed by atoms with Crippen molar-refractivity contribution < 1.29 is 5.11 Å². The lowest BCUT2D eigenvalue weighted by Crippen LogP contribution is -2.46. The van der Waals surface area contributed by atoms with Crippen LogP contribution >= 0.6 is 12.6 Å². The molecule has 0 amide bonds. The maximum Gasteiger partial charge on any atom is 0.120 e. The molecule has 10 heavy (non-hydrogen) atoms. The van der Waals surface area contributed by atoms with Crippen molar-refractivity contribution >= 4 is 12.6 Å². The van der Waals surface area contributed by atoms with Gasteiger partial charge >= 0.3 is 0 Å². The molecule has 0 radical (unpaired) electrons. The first-order valence-electron chi connectivity index (χ1n) is 2.99. The standard InChI is InChI=1S/C5H13N2O2S/c1-6-5(8)4(3-10)7(2)9/h4-6,8,10H,3H2,1-2H3/q-1. The van der Waals surface area contributed by atoms with Crippen LogP contribution in [0.5, 0.6) is 0 Å². The Bertz CT molecular complexity index is 91.7. The van der Waals surface area contributed by atoms with Crippen molar-refractivity contribution in [3.05, 3.63) is 5.21 Å². The summed E-state index contributed by atoms with van der Waals surface area (Å²) in [5, 5.41) is 23.0. The molecule has 2 unspecified atom stereocenters. The summed E-state index contributed by atoms with van der Waals surface area (Å²) < 4.78 is 0. The number of nitrogens with one attached hydrogen (secondary N) is 1. The summed E-state index contributed by atoms with van der Waals surface area (Å²) in [5.74, 6) is 0.335. The lowest BCUT2D eigenvalue weighted by atomic mass is 10.3. The molecule has 0 aromatic heterocycles. The SMILES string of the molecule is CNC(O)C(CS)N(C)[O-]. The molecule has 0 aromatic rings. The summed E-state index contributed by atoms with van der Waals surface area (Å²) in [6, 6.07) is -0.478. The minimum absolute atomic E-state index is 0.335. The van der Waals surface area contributed by atoms with E-state index in [1.165, 1.54) is 7.05 Å². The first-order chi connectivity index (χ1) is 4.63. The molecule has 0 aliphatic carbocycles. The van der Waals surface area contributed by atoms with E-state index < -0.39 is 12.3 Å². The van der Waals surface area contributed by atoms with E-state index in [1.54, 1.807) is 7.05 Å². The number of hydroxylamine groups is 2. The van der Waals surface area contributed by atoms with Crippen molar-refractivity contribution in [1.29, 1.82) is 0 Å². The van der Waals surface area contributed by atoms with Crippen molar-refractivity contribution in [3.63, 3.8) is 0 Å². The van der Waals surface area contributed by atoms with Crippen LogP contribution in [0.4, 0.5) is 0 Å². The molecule has 0 saturated heterocycles. The van der Waals surface area contributed by atoms with Gasteiger partial charge in [-0.15, -0.1) is 0 Å². The first-order valence-corrected chi connectivity index (χ1v) is 3.63. The average molecular weight is 165 g/mol. The summed E-state index contributed by atoms with van der Waals surface area (Å²) in [7, 11) is 2.95. The third-order valence-electron chi connectivity index (χ3n) is 1.31. The Hall–Kier alpha value is 0.190. The summed E-state index contributed by atoms with van der Waals surface area (Å²) in [5.41, 5.74) is 0. The second-order valence-corrected chi connectivity index (χ2v) is 2.39. The Balaban J connectivity index is 3.80. The highest BCUT2D eigenvalue weighted by Crippen LogP contribution is 2.00. The zero-order chi connectivity index (χ0) is 8.15. The number of aliphatic hydroxyl groups excluding tert-OH is 1. The van der Waals surface area contributed by atoms with E-state index in [2.05, 4.69) is 17.9 Å². The molecule has 2 N–H and O–H groups in total. The van der Waals surface area contributed by atoms with E-state index in [4.69, 9.17) is 5.11 Å². The molecule has 0 fully saturated rings. The Labute approximate surface area is 66.2 Å². The van der Waals surface area contributed by atoms with Gasteiger partial charge in [0.15, 0.2) is 0 Å². The summed E-state index contributed by atoms with van der Waals surface area (Å²) in [4.78, 5) is 0. The fraction of sp³-hybridized carbons (Fsp3) is 1.00. The zero-order valence-corrected chi connectivity index (χ0v) is 7.01. The number of nitrogens with zero attached hydrogens (tertiary/aromatic N) is 1. The summed E-state index contributed by atoms with van der Waals surface area (Å²) >= 11 is 3.91. The topological polar surface area (TPSA) is 58.6 Å². The molecule has 4 nitrogen and oxygen atoms in total. The average Bonchev–Trinajstić information content (AvgIpc) is 1.88. The minimum atomic E-state index is -0.806. The van der Waals surface area contributed by atoms with Gasteiger partial charge in [-0.1, -0.05) is 0 Å².